The van der Waals surface area contributed by atoms with E-state index in [-0.39, 0.29) is 0 Å². The first-order valence-electron chi connectivity index (χ1n) is 8.71. The third-order valence-electron chi connectivity index (χ3n) is 3.86. The maximum Gasteiger partial charge on any atom is 0.0661 e. The molecule has 0 spiro atoms. The first-order chi connectivity index (χ1) is 10.3. The SMILES string of the molecule is CCCCCCOCC(NCCC)c1ccc(CC)cc1. The zero-order valence-electron chi connectivity index (χ0n) is 14.2. The van der Waals surface area contributed by atoms with Crippen molar-refractivity contribution in [1.82, 2.24) is 5.32 Å². The molecule has 0 fully saturated rings. The maximum atomic E-state index is 5.89. The largest absolute Gasteiger partial charge is 0.379 e. The first kappa shape index (κ1) is 18.2. The molecule has 0 aromatic heterocycles. The molecule has 0 bridgehead atoms. The van der Waals surface area contributed by atoms with Gasteiger partial charge in [-0.3, -0.25) is 0 Å². The number of hydrogen-bond acceptors (Lipinski definition) is 2. The molecule has 0 aliphatic heterocycles. The molecule has 0 saturated heterocycles. The van der Waals surface area contributed by atoms with E-state index in [0.717, 1.165) is 32.6 Å². The van der Waals surface area contributed by atoms with Gasteiger partial charge in [0.2, 0.25) is 0 Å². The van der Waals surface area contributed by atoms with E-state index in [4.69, 9.17) is 4.74 Å². The predicted molar refractivity (Wildman–Crippen MR) is 91.8 cm³/mol. The molecule has 0 aliphatic carbocycles. The minimum absolute atomic E-state index is 0.321. The van der Waals surface area contributed by atoms with Crippen LogP contribution in [0.4, 0.5) is 0 Å². The maximum absolute atomic E-state index is 5.89. The molecular formula is C19H33NO. The van der Waals surface area contributed by atoms with E-state index in [1.165, 1.54) is 36.8 Å². The van der Waals surface area contributed by atoms with E-state index in [0.29, 0.717) is 6.04 Å². The summed E-state index contributed by atoms with van der Waals surface area (Å²) in [6, 6.07) is 9.27. The molecule has 1 aromatic rings. The van der Waals surface area contributed by atoms with Gasteiger partial charge in [-0.15, -0.1) is 0 Å². The van der Waals surface area contributed by atoms with Gasteiger partial charge in [0.1, 0.15) is 0 Å². The van der Waals surface area contributed by atoms with Crippen molar-refractivity contribution >= 4 is 0 Å². The van der Waals surface area contributed by atoms with Gasteiger partial charge in [0.05, 0.1) is 12.6 Å². The zero-order chi connectivity index (χ0) is 15.3. The van der Waals surface area contributed by atoms with Gasteiger partial charge in [-0.2, -0.15) is 0 Å². The van der Waals surface area contributed by atoms with Crippen LogP contribution in [0.1, 0.15) is 70.0 Å². The highest BCUT2D eigenvalue weighted by Gasteiger charge is 2.10. The molecule has 1 aromatic carbocycles. The topological polar surface area (TPSA) is 21.3 Å². The molecule has 0 saturated carbocycles. The van der Waals surface area contributed by atoms with Crippen molar-refractivity contribution in [3.05, 3.63) is 35.4 Å². The van der Waals surface area contributed by atoms with E-state index in [1.807, 2.05) is 0 Å². The number of benzene rings is 1. The van der Waals surface area contributed by atoms with Gasteiger partial charge in [-0.25, -0.2) is 0 Å². The van der Waals surface area contributed by atoms with E-state index in [9.17, 15) is 0 Å². The molecule has 0 aliphatic rings. The zero-order valence-corrected chi connectivity index (χ0v) is 14.2. The smallest absolute Gasteiger partial charge is 0.0661 e. The lowest BCUT2D eigenvalue weighted by Gasteiger charge is -2.19. The van der Waals surface area contributed by atoms with Crippen LogP contribution in [0.5, 0.6) is 0 Å². The fourth-order valence-corrected chi connectivity index (χ4v) is 2.41. The van der Waals surface area contributed by atoms with Crippen LogP contribution in [0.25, 0.3) is 0 Å². The van der Waals surface area contributed by atoms with E-state index < -0.39 is 0 Å². The van der Waals surface area contributed by atoms with Crippen LogP contribution in [0.3, 0.4) is 0 Å². The Morgan fingerprint density at radius 3 is 2.33 bits per heavy atom. The van der Waals surface area contributed by atoms with Crippen molar-refractivity contribution < 1.29 is 4.74 Å². The van der Waals surface area contributed by atoms with E-state index in [2.05, 4.69) is 50.4 Å². The third kappa shape index (κ3) is 7.63. The molecule has 2 heteroatoms. The van der Waals surface area contributed by atoms with Gasteiger partial charge in [0.25, 0.3) is 0 Å². The average Bonchev–Trinajstić information content (AvgIpc) is 2.53. The summed E-state index contributed by atoms with van der Waals surface area (Å²) in [5, 5.41) is 3.60. The summed E-state index contributed by atoms with van der Waals surface area (Å²) in [5.74, 6) is 0. The van der Waals surface area contributed by atoms with Crippen LogP contribution in [0, 0.1) is 0 Å². The van der Waals surface area contributed by atoms with Gasteiger partial charge < -0.3 is 10.1 Å². The fourth-order valence-electron chi connectivity index (χ4n) is 2.41. The summed E-state index contributed by atoms with van der Waals surface area (Å²) in [5.41, 5.74) is 2.74. The molecule has 0 amide bonds. The molecule has 1 unspecified atom stereocenters. The highest BCUT2D eigenvalue weighted by atomic mass is 16.5. The Labute approximate surface area is 131 Å². The van der Waals surface area contributed by atoms with Crippen LogP contribution in [-0.4, -0.2) is 19.8 Å². The van der Waals surface area contributed by atoms with E-state index >= 15 is 0 Å². The van der Waals surface area contributed by atoms with Crippen LogP contribution < -0.4 is 5.32 Å². The second-order valence-corrected chi connectivity index (χ2v) is 5.74. The number of hydrogen-bond donors (Lipinski definition) is 1. The van der Waals surface area contributed by atoms with Crippen molar-refractivity contribution in [3.8, 4) is 0 Å². The van der Waals surface area contributed by atoms with Crippen molar-refractivity contribution in [3.63, 3.8) is 0 Å². The highest BCUT2D eigenvalue weighted by Crippen LogP contribution is 2.15. The Morgan fingerprint density at radius 1 is 0.952 bits per heavy atom. The molecule has 0 heterocycles. The second-order valence-electron chi connectivity index (χ2n) is 5.74. The summed E-state index contributed by atoms with van der Waals surface area (Å²) in [6.45, 7) is 9.34. The van der Waals surface area contributed by atoms with Crippen LogP contribution in [-0.2, 0) is 11.2 Å². The van der Waals surface area contributed by atoms with Gasteiger partial charge in [-0.1, -0.05) is 64.3 Å². The fraction of sp³-hybridized carbons (Fsp3) is 0.684. The molecule has 21 heavy (non-hydrogen) atoms. The minimum Gasteiger partial charge on any atom is -0.379 e. The van der Waals surface area contributed by atoms with Gasteiger partial charge in [0, 0.05) is 6.61 Å². The summed E-state index contributed by atoms with van der Waals surface area (Å²) >= 11 is 0. The predicted octanol–water partition coefficient (Wildman–Crippen LogP) is 4.89. The van der Waals surface area contributed by atoms with Crippen LogP contribution >= 0.6 is 0 Å². The Kier molecular flexibility index (Phi) is 10.2. The minimum atomic E-state index is 0.321. The van der Waals surface area contributed by atoms with Crippen LogP contribution in [0.15, 0.2) is 24.3 Å². The number of ether oxygens (including phenoxy) is 1. The summed E-state index contributed by atoms with van der Waals surface area (Å²) in [6.07, 6.45) is 7.32. The number of nitrogens with one attached hydrogen (secondary N) is 1. The molecule has 2 nitrogen and oxygen atoms in total. The van der Waals surface area contributed by atoms with Crippen LogP contribution in [0.2, 0.25) is 0 Å². The lowest BCUT2D eigenvalue weighted by molar-refractivity contribution is 0.108. The average molecular weight is 291 g/mol. The van der Waals surface area contributed by atoms with E-state index in [1.54, 1.807) is 0 Å². The first-order valence-corrected chi connectivity index (χ1v) is 8.71. The number of rotatable bonds is 12. The third-order valence-corrected chi connectivity index (χ3v) is 3.86. The monoisotopic (exact) mass is 291 g/mol. The van der Waals surface area contributed by atoms with Crippen molar-refractivity contribution in [2.75, 3.05) is 19.8 Å². The molecular weight excluding hydrogens is 258 g/mol. The molecule has 120 valence electrons. The van der Waals surface area contributed by atoms with Gasteiger partial charge in [-0.05, 0) is 36.9 Å². The Hall–Kier alpha value is -0.860. The Balaban J connectivity index is 2.42. The Morgan fingerprint density at radius 2 is 1.71 bits per heavy atom. The summed E-state index contributed by atoms with van der Waals surface area (Å²) < 4.78 is 5.89. The lowest BCUT2D eigenvalue weighted by atomic mass is 10.0. The molecule has 1 N–H and O–H groups in total. The molecule has 1 atom stereocenters. The number of aryl methyl sites for hydroxylation is 1. The number of unbranched alkanes of at least 4 members (excludes halogenated alkanes) is 3. The van der Waals surface area contributed by atoms with Crippen molar-refractivity contribution in [2.45, 2.75) is 65.3 Å². The van der Waals surface area contributed by atoms with Crippen molar-refractivity contribution in [2.24, 2.45) is 0 Å². The lowest BCUT2D eigenvalue weighted by Crippen LogP contribution is -2.26. The second kappa shape index (κ2) is 11.8. The molecule has 1 rings (SSSR count). The normalized spacial score (nSPS) is 12.5. The molecule has 0 radical (unpaired) electrons. The summed E-state index contributed by atoms with van der Waals surface area (Å²) in [7, 11) is 0. The van der Waals surface area contributed by atoms with Gasteiger partial charge >= 0.3 is 0 Å². The summed E-state index contributed by atoms with van der Waals surface area (Å²) in [4.78, 5) is 0. The quantitative estimate of drug-likeness (QED) is 0.554. The Bertz CT molecular complexity index is 347. The van der Waals surface area contributed by atoms with Gasteiger partial charge in [0.15, 0.2) is 0 Å². The standard InChI is InChI=1S/C19H33NO/c1-4-7-8-9-15-21-16-19(20-14-5-2)18-12-10-17(6-3)11-13-18/h10-13,19-20H,4-9,14-16H2,1-3H3. The van der Waals surface area contributed by atoms with Crippen molar-refractivity contribution in [1.29, 1.82) is 0 Å². The highest BCUT2D eigenvalue weighted by molar-refractivity contribution is 5.25.